The van der Waals surface area contributed by atoms with Crippen molar-refractivity contribution in [3.05, 3.63) is 113 Å². The van der Waals surface area contributed by atoms with E-state index in [2.05, 4.69) is 30.0 Å². The second-order valence-corrected chi connectivity index (χ2v) is 6.16. The van der Waals surface area contributed by atoms with E-state index in [0.29, 0.717) is 0 Å². The molecule has 0 aliphatic rings. The van der Waals surface area contributed by atoms with Gasteiger partial charge in [-0.2, -0.15) is 0 Å². The summed E-state index contributed by atoms with van der Waals surface area (Å²) in [6.45, 7) is 0. The zero-order chi connectivity index (χ0) is 15.9. The molecule has 0 aliphatic heterocycles. The normalized spacial score (nSPS) is 10.1. The van der Waals surface area contributed by atoms with E-state index in [-0.39, 0.29) is 14.9 Å². The molecule has 1 nitrogen and oxygen atoms in total. The second kappa shape index (κ2) is 7.52. The first-order valence-corrected chi connectivity index (χ1v) is 8.59. The molecule has 2 heteroatoms. The summed E-state index contributed by atoms with van der Waals surface area (Å²) in [4.78, 5) is 12.4. The van der Waals surface area contributed by atoms with Gasteiger partial charge >= 0.3 is 0 Å². The van der Waals surface area contributed by atoms with E-state index in [1.807, 2.05) is 66.7 Å². The van der Waals surface area contributed by atoms with E-state index in [4.69, 9.17) is 0 Å². The number of carbonyl (C=O) groups is 1. The quantitative estimate of drug-likeness (QED) is 0.628. The molecule has 3 aromatic rings. The van der Waals surface area contributed by atoms with Crippen LogP contribution in [0.5, 0.6) is 0 Å². The third kappa shape index (κ3) is 3.93. The Labute approximate surface area is 139 Å². The van der Waals surface area contributed by atoms with Crippen LogP contribution < -0.4 is 0 Å². The van der Waals surface area contributed by atoms with Crippen LogP contribution in [0.3, 0.4) is 0 Å². The van der Waals surface area contributed by atoms with Gasteiger partial charge in [-0.15, -0.1) is 0 Å². The average molecular weight is 312 g/mol. The lowest BCUT2D eigenvalue weighted by Gasteiger charge is -2.08. The molecule has 3 rings (SSSR count). The Morgan fingerprint density at radius 3 is 1.43 bits per heavy atom. The fourth-order valence-electron chi connectivity index (χ4n) is 2.38. The molecule has 2 radical (unpaired) electrons. The van der Waals surface area contributed by atoms with Gasteiger partial charge in [0.2, 0.25) is 0 Å². The zero-order valence-electron chi connectivity index (χ0n) is 12.6. The third-order valence-corrected chi connectivity index (χ3v) is 4.54. The molecule has 0 spiro atoms. The van der Waals surface area contributed by atoms with Crippen molar-refractivity contribution < 1.29 is 4.79 Å². The maximum Gasteiger partial charge on any atom is 0.171 e. The second-order valence-electron chi connectivity index (χ2n) is 5.13. The highest BCUT2D eigenvalue weighted by molar-refractivity contribution is 6.81. The highest BCUT2D eigenvalue weighted by Gasteiger charge is 2.08. The fourth-order valence-corrected chi connectivity index (χ4v) is 3.32. The molecule has 0 aliphatic carbocycles. The Morgan fingerprint density at radius 2 is 1.00 bits per heavy atom. The molecule has 110 valence electrons. The van der Waals surface area contributed by atoms with Gasteiger partial charge in [0.1, 0.15) is 5.41 Å². The number of hydrogen-bond donors (Lipinski definition) is 0. The highest BCUT2D eigenvalue weighted by Crippen LogP contribution is 2.22. The summed E-state index contributed by atoms with van der Waals surface area (Å²) in [6, 6.07) is 29.9. The first-order valence-electron chi connectivity index (χ1n) is 7.51. The van der Waals surface area contributed by atoms with Crippen molar-refractivity contribution in [1.29, 1.82) is 0 Å². The number of hydrogen-bond acceptors (Lipinski definition) is 1. The summed E-state index contributed by atoms with van der Waals surface area (Å²) in [5.41, 5.74) is 6.19. The molecular weight excluding hydrogens is 296 g/mol. The molecule has 0 atom stereocenters. The topological polar surface area (TPSA) is 17.1 Å². The average Bonchev–Trinajstić information content (AvgIpc) is 2.64. The maximum atomic E-state index is 12.4. The molecule has 0 amide bonds. The van der Waals surface area contributed by atoms with Gasteiger partial charge in [-0.1, -0.05) is 96.7 Å². The van der Waals surface area contributed by atoms with Gasteiger partial charge < -0.3 is 4.79 Å². The van der Waals surface area contributed by atoms with Gasteiger partial charge in [0.15, 0.2) is 9.52 Å². The minimum absolute atomic E-state index is 0.114. The molecular formula is C21H16OSi. The van der Waals surface area contributed by atoms with Crippen LogP contribution in [0.25, 0.3) is 5.57 Å². The maximum absolute atomic E-state index is 12.4. The predicted molar refractivity (Wildman–Crippen MR) is 96.5 cm³/mol. The molecule has 0 saturated heterocycles. The number of carbonyl (C=O) groups excluding carboxylic acids is 1. The van der Waals surface area contributed by atoms with Gasteiger partial charge in [0, 0.05) is 5.56 Å². The van der Waals surface area contributed by atoms with Crippen LogP contribution in [-0.2, 0) is 0 Å². The van der Waals surface area contributed by atoms with Crippen molar-refractivity contribution in [2.24, 2.45) is 0 Å². The Hall–Kier alpha value is -2.71. The van der Waals surface area contributed by atoms with Gasteiger partial charge in [-0.05, 0) is 16.7 Å². The van der Waals surface area contributed by atoms with Gasteiger partial charge in [-0.3, -0.25) is 0 Å². The first kappa shape index (κ1) is 15.2. The minimum Gasteiger partial charge on any atom is -0.300 e. The Bertz CT molecular complexity index is 752. The predicted octanol–water partition coefficient (Wildman–Crippen LogP) is 4.62. The lowest BCUT2D eigenvalue weighted by Crippen LogP contribution is -2.08. The van der Waals surface area contributed by atoms with Crippen molar-refractivity contribution in [3.8, 4) is 0 Å². The molecule has 0 heterocycles. The van der Waals surface area contributed by atoms with Crippen LogP contribution in [0, 0.1) is 0 Å². The standard InChI is InChI=1S/C21H16OSi/c22-21(19-14-8-3-9-15-19)23-16-20(17-10-4-1-5-11-17)18-12-6-2-7-13-18/h1-16H. The lowest BCUT2D eigenvalue weighted by molar-refractivity contribution is 0.107. The van der Waals surface area contributed by atoms with Crippen LogP contribution in [0.4, 0.5) is 0 Å². The summed E-state index contributed by atoms with van der Waals surface area (Å²) >= 11 is 0. The monoisotopic (exact) mass is 312 g/mol. The van der Waals surface area contributed by atoms with Crippen molar-refractivity contribution in [1.82, 2.24) is 0 Å². The summed E-state index contributed by atoms with van der Waals surface area (Å²) in [5, 5.41) is 0.162. The van der Waals surface area contributed by atoms with E-state index in [1.54, 1.807) is 0 Å². The van der Waals surface area contributed by atoms with Crippen molar-refractivity contribution in [3.63, 3.8) is 0 Å². The molecule has 0 saturated carbocycles. The molecule has 0 bridgehead atoms. The van der Waals surface area contributed by atoms with Gasteiger partial charge in [0.25, 0.3) is 0 Å². The molecule has 0 aromatic heterocycles. The lowest BCUT2D eigenvalue weighted by atomic mass is 10.00. The SMILES string of the molecule is O=C([Si]C=C(c1ccccc1)c1ccccc1)c1ccccc1. The molecule has 23 heavy (non-hydrogen) atoms. The Kier molecular flexibility index (Phi) is 4.97. The smallest absolute Gasteiger partial charge is 0.171 e. The zero-order valence-corrected chi connectivity index (χ0v) is 13.6. The van der Waals surface area contributed by atoms with E-state index in [9.17, 15) is 4.79 Å². The molecule has 0 unspecified atom stereocenters. The van der Waals surface area contributed by atoms with E-state index in [1.165, 1.54) is 0 Å². The van der Waals surface area contributed by atoms with Gasteiger partial charge in [0.05, 0.1) is 0 Å². The third-order valence-electron chi connectivity index (χ3n) is 3.55. The first-order chi connectivity index (χ1) is 11.3. The van der Waals surface area contributed by atoms with Crippen molar-refractivity contribution >= 4 is 20.5 Å². The number of rotatable bonds is 5. The summed E-state index contributed by atoms with van der Waals surface area (Å²) < 4.78 is 0. The summed E-state index contributed by atoms with van der Waals surface area (Å²) in [6.07, 6.45) is 0. The number of benzene rings is 3. The van der Waals surface area contributed by atoms with E-state index >= 15 is 0 Å². The van der Waals surface area contributed by atoms with E-state index < -0.39 is 0 Å². The summed E-state index contributed by atoms with van der Waals surface area (Å²) in [5.74, 6) is 0. The van der Waals surface area contributed by atoms with E-state index in [0.717, 1.165) is 22.3 Å². The Morgan fingerprint density at radius 1 is 0.609 bits per heavy atom. The molecule has 3 aromatic carbocycles. The summed E-state index contributed by atoms with van der Waals surface area (Å²) in [7, 11) is 0.114. The van der Waals surface area contributed by atoms with Crippen molar-refractivity contribution in [2.45, 2.75) is 0 Å². The minimum atomic E-state index is 0.114. The van der Waals surface area contributed by atoms with Crippen LogP contribution in [0.2, 0.25) is 0 Å². The molecule has 0 fully saturated rings. The van der Waals surface area contributed by atoms with Crippen LogP contribution in [0.1, 0.15) is 21.5 Å². The van der Waals surface area contributed by atoms with Crippen LogP contribution in [0.15, 0.2) is 96.7 Å². The van der Waals surface area contributed by atoms with Crippen LogP contribution in [-0.4, -0.2) is 14.9 Å². The fraction of sp³-hybridized carbons (Fsp3) is 0. The van der Waals surface area contributed by atoms with Gasteiger partial charge in [-0.25, -0.2) is 0 Å². The Balaban J connectivity index is 1.91. The molecule has 0 N–H and O–H groups in total. The highest BCUT2D eigenvalue weighted by atomic mass is 28.2. The van der Waals surface area contributed by atoms with Crippen LogP contribution >= 0.6 is 0 Å². The van der Waals surface area contributed by atoms with Crippen molar-refractivity contribution in [2.75, 3.05) is 0 Å². The largest absolute Gasteiger partial charge is 0.300 e.